The summed E-state index contributed by atoms with van der Waals surface area (Å²) in [5.41, 5.74) is 4.20. The highest BCUT2D eigenvalue weighted by molar-refractivity contribution is 7.89. The van der Waals surface area contributed by atoms with Crippen molar-refractivity contribution in [3.63, 3.8) is 0 Å². The molecule has 1 aromatic heterocycles. The van der Waals surface area contributed by atoms with Crippen LogP contribution in [0.15, 0.2) is 53.7 Å². The Bertz CT molecular complexity index is 1350. The molecular formula is C26H32FN5O3S. The number of aromatic nitrogens is 2. The Kier molecular flexibility index (Phi) is 7.46. The Hall–Kier alpha value is -3.24. The summed E-state index contributed by atoms with van der Waals surface area (Å²) in [7, 11) is -3.99. The number of halogens is 1. The summed E-state index contributed by atoms with van der Waals surface area (Å²) >= 11 is 0. The molecule has 2 heterocycles. The molecule has 10 heteroatoms. The number of nitrogens with one attached hydrogen (secondary N) is 1. The Morgan fingerprint density at radius 2 is 1.75 bits per heavy atom. The molecule has 8 nitrogen and oxygen atoms in total. The molecule has 0 aliphatic carbocycles. The molecule has 1 atom stereocenters. The van der Waals surface area contributed by atoms with E-state index in [1.165, 1.54) is 38.4 Å². The highest BCUT2D eigenvalue weighted by Crippen LogP contribution is 2.26. The number of sulfonamides is 1. The molecule has 192 valence electrons. The van der Waals surface area contributed by atoms with Gasteiger partial charge in [-0.2, -0.15) is 9.40 Å². The number of carbonyl (C=O) groups is 1. The van der Waals surface area contributed by atoms with Crippen LogP contribution in [0.25, 0.3) is 0 Å². The predicted molar refractivity (Wildman–Crippen MR) is 137 cm³/mol. The molecule has 1 aliphatic rings. The van der Waals surface area contributed by atoms with Gasteiger partial charge in [-0.3, -0.25) is 9.48 Å². The zero-order valence-electron chi connectivity index (χ0n) is 21.0. The summed E-state index contributed by atoms with van der Waals surface area (Å²) < 4.78 is 43.3. The van der Waals surface area contributed by atoms with Crippen LogP contribution >= 0.6 is 0 Å². The minimum Gasteiger partial charge on any atom is -0.369 e. The molecule has 0 spiro atoms. The lowest BCUT2D eigenvalue weighted by molar-refractivity contribution is 0.0936. The Balaban J connectivity index is 1.53. The number of anilines is 1. The molecule has 2 aromatic carbocycles. The minimum absolute atomic E-state index is 0.00256. The van der Waals surface area contributed by atoms with Crippen LogP contribution in [-0.2, 0) is 16.6 Å². The van der Waals surface area contributed by atoms with E-state index < -0.39 is 22.0 Å². The number of hydrogen-bond donors (Lipinski definition) is 1. The fourth-order valence-corrected chi connectivity index (χ4v) is 5.91. The lowest BCUT2D eigenvalue weighted by atomic mass is 10.1. The summed E-state index contributed by atoms with van der Waals surface area (Å²) in [6.45, 7) is 9.82. The van der Waals surface area contributed by atoms with Gasteiger partial charge in [0.15, 0.2) is 0 Å². The second-order valence-electron chi connectivity index (χ2n) is 9.06. The van der Waals surface area contributed by atoms with Gasteiger partial charge in [-0.15, -0.1) is 0 Å². The lowest BCUT2D eigenvalue weighted by Crippen LogP contribution is -2.49. The molecule has 1 saturated heterocycles. The third-order valence-corrected chi connectivity index (χ3v) is 8.59. The fraction of sp³-hybridized carbons (Fsp3) is 0.385. The minimum atomic E-state index is -3.99. The third kappa shape index (κ3) is 5.15. The Morgan fingerprint density at radius 3 is 2.39 bits per heavy atom. The first kappa shape index (κ1) is 25.8. The van der Waals surface area contributed by atoms with Crippen LogP contribution in [0.5, 0.6) is 0 Å². The van der Waals surface area contributed by atoms with E-state index >= 15 is 0 Å². The first-order valence-corrected chi connectivity index (χ1v) is 13.5. The maximum absolute atomic E-state index is 13.6. The van der Waals surface area contributed by atoms with Crippen LogP contribution in [0.4, 0.5) is 10.1 Å². The normalized spacial score (nSPS) is 15.6. The molecule has 36 heavy (non-hydrogen) atoms. The molecule has 1 aliphatic heterocycles. The van der Waals surface area contributed by atoms with Crippen molar-refractivity contribution in [1.82, 2.24) is 19.4 Å². The number of nitrogens with zero attached hydrogens (tertiary/aromatic N) is 4. The van der Waals surface area contributed by atoms with Gasteiger partial charge in [0.25, 0.3) is 15.9 Å². The van der Waals surface area contributed by atoms with E-state index in [-0.39, 0.29) is 16.4 Å². The van der Waals surface area contributed by atoms with Crippen molar-refractivity contribution in [3.8, 4) is 0 Å². The average Bonchev–Trinajstić information content (AvgIpc) is 3.32. The van der Waals surface area contributed by atoms with Crippen LogP contribution in [0.3, 0.4) is 0 Å². The second-order valence-corrected chi connectivity index (χ2v) is 10.9. The molecule has 4 rings (SSSR count). The maximum atomic E-state index is 13.6. The molecule has 0 bridgehead atoms. The number of carbonyl (C=O) groups excluding carboxylic acids is 1. The smallest absolute Gasteiger partial charge is 0.263 e. The summed E-state index contributed by atoms with van der Waals surface area (Å²) in [6, 6.07) is 11.5. The van der Waals surface area contributed by atoms with Crippen LogP contribution in [0.2, 0.25) is 0 Å². The highest BCUT2D eigenvalue weighted by atomic mass is 32.2. The van der Waals surface area contributed by atoms with E-state index in [2.05, 4.69) is 41.3 Å². The van der Waals surface area contributed by atoms with E-state index in [9.17, 15) is 17.6 Å². The summed E-state index contributed by atoms with van der Waals surface area (Å²) in [5, 5.41) is 6.83. The van der Waals surface area contributed by atoms with Crippen LogP contribution in [0, 0.1) is 19.7 Å². The molecule has 0 saturated carbocycles. The van der Waals surface area contributed by atoms with Crippen molar-refractivity contribution in [2.45, 2.75) is 45.3 Å². The molecule has 3 aromatic rings. The first-order valence-electron chi connectivity index (χ1n) is 12.1. The maximum Gasteiger partial charge on any atom is 0.263 e. The van der Waals surface area contributed by atoms with Gasteiger partial charge in [-0.25, -0.2) is 12.8 Å². The van der Waals surface area contributed by atoms with Gasteiger partial charge in [0, 0.05) is 44.6 Å². The van der Waals surface area contributed by atoms with E-state index in [1.54, 1.807) is 19.1 Å². The number of piperazine rings is 1. The van der Waals surface area contributed by atoms with Gasteiger partial charge in [-0.1, -0.05) is 24.3 Å². The van der Waals surface area contributed by atoms with Gasteiger partial charge in [-0.05, 0) is 62.6 Å². The first-order chi connectivity index (χ1) is 17.1. The van der Waals surface area contributed by atoms with Crippen molar-refractivity contribution in [1.29, 1.82) is 0 Å². The lowest BCUT2D eigenvalue weighted by Gasteiger charge is -2.36. The van der Waals surface area contributed by atoms with Crippen LogP contribution in [0.1, 0.15) is 46.9 Å². The molecule has 1 unspecified atom stereocenters. The Labute approximate surface area is 211 Å². The largest absolute Gasteiger partial charge is 0.369 e. The number of hydrogen-bond acceptors (Lipinski definition) is 5. The predicted octanol–water partition coefficient (Wildman–Crippen LogP) is 3.66. The zero-order chi connectivity index (χ0) is 26.0. The van der Waals surface area contributed by atoms with Crippen LogP contribution < -0.4 is 10.2 Å². The number of rotatable bonds is 7. The molecule has 1 amide bonds. The van der Waals surface area contributed by atoms with Crippen molar-refractivity contribution in [2.24, 2.45) is 0 Å². The SMILES string of the molecule is CCn1cc(C(=O)NC(C)c2ccc(F)cc2)c(S(=O)(=O)N2CCN(c3cccc(C)c3C)CC2)n1. The van der Waals surface area contributed by atoms with E-state index in [1.807, 2.05) is 13.0 Å². The van der Waals surface area contributed by atoms with E-state index in [4.69, 9.17) is 0 Å². The van der Waals surface area contributed by atoms with Gasteiger partial charge < -0.3 is 10.2 Å². The van der Waals surface area contributed by atoms with Crippen molar-refractivity contribution >= 4 is 21.6 Å². The fourth-order valence-electron chi connectivity index (χ4n) is 4.39. The average molecular weight is 514 g/mol. The van der Waals surface area contributed by atoms with E-state index in [0.29, 0.717) is 38.3 Å². The summed E-state index contributed by atoms with van der Waals surface area (Å²) in [5.74, 6) is -0.911. The summed E-state index contributed by atoms with van der Waals surface area (Å²) in [6.07, 6.45) is 1.46. The standard InChI is InChI=1S/C26H32FN5O3S/c1-5-31-17-23(25(33)28-20(4)21-9-11-22(27)12-10-21)26(29-31)36(34,35)32-15-13-30(14-16-32)24-8-6-7-18(2)19(24)3/h6-12,17,20H,5,13-16H2,1-4H3,(H,28,33). The quantitative estimate of drug-likeness (QED) is 0.521. The molecule has 1 fully saturated rings. The topological polar surface area (TPSA) is 87.5 Å². The number of aryl methyl sites for hydroxylation is 2. The summed E-state index contributed by atoms with van der Waals surface area (Å²) in [4.78, 5) is 15.3. The molecule has 1 N–H and O–H groups in total. The van der Waals surface area contributed by atoms with Gasteiger partial charge >= 0.3 is 0 Å². The van der Waals surface area contributed by atoms with Crippen molar-refractivity contribution < 1.29 is 17.6 Å². The molecule has 0 radical (unpaired) electrons. The monoisotopic (exact) mass is 513 g/mol. The van der Waals surface area contributed by atoms with Crippen molar-refractivity contribution in [3.05, 3.63) is 76.7 Å². The molecular weight excluding hydrogens is 481 g/mol. The second kappa shape index (κ2) is 10.4. The number of amides is 1. The highest BCUT2D eigenvalue weighted by Gasteiger charge is 2.35. The van der Waals surface area contributed by atoms with E-state index in [0.717, 1.165) is 5.69 Å². The van der Waals surface area contributed by atoms with Gasteiger partial charge in [0.05, 0.1) is 11.6 Å². The van der Waals surface area contributed by atoms with Gasteiger partial charge in [0.2, 0.25) is 5.03 Å². The number of benzene rings is 2. The third-order valence-electron chi connectivity index (χ3n) is 6.75. The van der Waals surface area contributed by atoms with Gasteiger partial charge in [0.1, 0.15) is 5.82 Å². The van der Waals surface area contributed by atoms with Crippen molar-refractivity contribution in [2.75, 3.05) is 31.1 Å². The Morgan fingerprint density at radius 1 is 1.08 bits per heavy atom. The zero-order valence-corrected chi connectivity index (χ0v) is 21.8. The van der Waals surface area contributed by atoms with Crippen LogP contribution in [-0.4, -0.2) is 54.6 Å².